The van der Waals surface area contributed by atoms with E-state index in [1.165, 1.54) is 0 Å². The van der Waals surface area contributed by atoms with Crippen molar-refractivity contribution in [1.82, 2.24) is 0 Å². The molecule has 0 aliphatic carbocycles. The molecule has 2 rings (SSSR count). The van der Waals surface area contributed by atoms with Gasteiger partial charge in [-0.2, -0.15) is 0 Å². The van der Waals surface area contributed by atoms with Gasteiger partial charge in [-0.3, -0.25) is 0 Å². The SMILES string of the molecule is Cc1ccc([P+](=O)C(=O)c2ccccc2)c(C)c1C. The molecule has 0 saturated heterocycles. The highest BCUT2D eigenvalue weighted by Gasteiger charge is 2.34. The van der Waals surface area contributed by atoms with Crippen LogP contribution < -0.4 is 5.30 Å². The summed E-state index contributed by atoms with van der Waals surface area (Å²) in [6.07, 6.45) is 0. The van der Waals surface area contributed by atoms with Crippen LogP contribution in [0.15, 0.2) is 42.5 Å². The van der Waals surface area contributed by atoms with Crippen LogP contribution >= 0.6 is 7.80 Å². The first-order valence-electron chi connectivity index (χ1n) is 6.16. The molecule has 0 spiro atoms. The number of rotatable bonds is 3. The number of hydrogen-bond acceptors (Lipinski definition) is 2. The predicted molar refractivity (Wildman–Crippen MR) is 78.7 cm³/mol. The Hall–Kier alpha value is -1.79. The van der Waals surface area contributed by atoms with Crippen LogP contribution in [-0.2, 0) is 4.57 Å². The molecule has 1 atom stereocenters. The smallest absolute Gasteiger partial charge is 0.234 e. The van der Waals surface area contributed by atoms with Gasteiger partial charge in [0.05, 0.1) is 5.56 Å². The molecule has 1 unspecified atom stereocenters. The maximum absolute atomic E-state index is 12.4. The molecule has 0 radical (unpaired) electrons. The van der Waals surface area contributed by atoms with Crippen LogP contribution in [0, 0.1) is 20.8 Å². The second-order valence-electron chi connectivity index (χ2n) is 4.62. The fourth-order valence-corrected chi connectivity index (χ4v) is 3.25. The first-order valence-corrected chi connectivity index (χ1v) is 7.41. The van der Waals surface area contributed by atoms with Gasteiger partial charge < -0.3 is 0 Å². The first-order chi connectivity index (χ1) is 9.02. The predicted octanol–water partition coefficient (Wildman–Crippen LogP) is 3.90. The minimum Gasteiger partial charge on any atom is -0.234 e. The van der Waals surface area contributed by atoms with Crippen molar-refractivity contribution < 1.29 is 9.36 Å². The lowest BCUT2D eigenvalue weighted by molar-refractivity contribution is 0.108. The number of aryl methyl sites for hydroxylation is 1. The van der Waals surface area contributed by atoms with Crippen molar-refractivity contribution in [1.29, 1.82) is 0 Å². The summed E-state index contributed by atoms with van der Waals surface area (Å²) >= 11 is 0. The third-order valence-corrected chi connectivity index (χ3v) is 5.00. The van der Waals surface area contributed by atoms with Crippen molar-refractivity contribution in [3.05, 3.63) is 64.7 Å². The first kappa shape index (κ1) is 13.6. The number of carbonyl (C=O) groups is 1. The van der Waals surface area contributed by atoms with Crippen LogP contribution in [0.4, 0.5) is 0 Å². The second-order valence-corrected chi connectivity index (χ2v) is 6.09. The lowest BCUT2D eigenvalue weighted by Gasteiger charge is -2.03. The van der Waals surface area contributed by atoms with Crippen LogP contribution in [0.2, 0.25) is 0 Å². The van der Waals surface area contributed by atoms with E-state index in [2.05, 4.69) is 0 Å². The molecule has 96 valence electrons. The molecule has 0 N–H and O–H groups in total. The summed E-state index contributed by atoms with van der Waals surface area (Å²) in [6.45, 7) is 5.92. The Bertz CT molecular complexity index is 645. The van der Waals surface area contributed by atoms with Gasteiger partial charge >= 0.3 is 13.3 Å². The molecule has 0 heterocycles. The zero-order valence-corrected chi connectivity index (χ0v) is 12.2. The van der Waals surface area contributed by atoms with Crippen LogP contribution in [0.1, 0.15) is 27.0 Å². The number of carbonyl (C=O) groups excluding carboxylic acids is 1. The largest absolute Gasteiger partial charge is 0.458 e. The van der Waals surface area contributed by atoms with E-state index in [-0.39, 0.29) is 5.52 Å². The molecule has 0 aliphatic rings. The molecule has 0 bridgehead atoms. The zero-order valence-electron chi connectivity index (χ0n) is 11.3. The van der Waals surface area contributed by atoms with Crippen LogP contribution in [0.25, 0.3) is 0 Å². The van der Waals surface area contributed by atoms with E-state index in [1.54, 1.807) is 30.3 Å². The minimum atomic E-state index is -2.05. The average molecular weight is 271 g/mol. The van der Waals surface area contributed by atoms with E-state index in [4.69, 9.17) is 0 Å². The normalized spacial score (nSPS) is 11.2. The van der Waals surface area contributed by atoms with Crippen molar-refractivity contribution in [3.63, 3.8) is 0 Å². The maximum Gasteiger partial charge on any atom is 0.458 e. The Labute approximate surface area is 114 Å². The summed E-state index contributed by atoms with van der Waals surface area (Å²) in [4.78, 5) is 12.2. The van der Waals surface area contributed by atoms with Gasteiger partial charge in [-0.15, -0.1) is 0 Å². The van der Waals surface area contributed by atoms with Gasteiger partial charge in [0.15, 0.2) is 0 Å². The van der Waals surface area contributed by atoms with Crippen molar-refractivity contribution in [2.24, 2.45) is 0 Å². The summed E-state index contributed by atoms with van der Waals surface area (Å²) in [5.41, 5.74) is 3.40. The number of benzene rings is 2. The molecule has 0 aliphatic heterocycles. The Morgan fingerprint density at radius 2 is 1.53 bits per heavy atom. The molecule has 19 heavy (non-hydrogen) atoms. The van der Waals surface area contributed by atoms with E-state index in [0.29, 0.717) is 10.9 Å². The Morgan fingerprint density at radius 1 is 0.895 bits per heavy atom. The number of hydrogen-bond donors (Lipinski definition) is 0. The van der Waals surface area contributed by atoms with Gasteiger partial charge in [0, 0.05) is 5.56 Å². The van der Waals surface area contributed by atoms with Gasteiger partial charge in [0.2, 0.25) is 5.30 Å². The highest BCUT2D eigenvalue weighted by atomic mass is 31.1. The van der Waals surface area contributed by atoms with Gasteiger partial charge in [-0.1, -0.05) is 28.8 Å². The summed E-state index contributed by atoms with van der Waals surface area (Å²) < 4.78 is 12.4. The van der Waals surface area contributed by atoms with Gasteiger partial charge in [0.25, 0.3) is 0 Å². The molecular formula is C16H16O2P+. The highest BCUT2D eigenvalue weighted by Crippen LogP contribution is 2.29. The summed E-state index contributed by atoms with van der Waals surface area (Å²) in [5, 5.41) is 0.645. The Balaban J connectivity index is 2.41. The van der Waals surface area contributed by atoms with Crippen molar-refractivity contribution in [2.75, 3.05) is 0 Å². The molecule has 0 amide bonds. The molecule has 0 saturated carbocycles. The summed E-state index contributed by atoms with van der Waals surface area (Å²) in [7, 11) is -2.05. The fourth-order valence-electron chi connectivity index (χ4n) is 1.97. The molecule has 3 heteroatoms. The lowest BCUT2D eigenvalue weighted by atomic mass is 10.1. The highest BCUT2D eigenvalue weighted by molar-refractivity contribution is 7.71. The van der Waals surface area contributed by atoms with Crippen LogP contribution in [0.5, 0.6) is 0 Å². The minimum absolute atomic E-state index is 0.304. The van der Waals surface area contributed by atoms with E-state index in [9.17, 15) is 9.36 Å². The van der Waals surface area contributed by atoms with E-state index < -0.39 is 7.80 Å². The molecule has 2 nitrogen and oxygen atoms in total. The lowest BCUT2D eigenvalue weighted by Crippen LogP contribution is -2.10. The van der Waals surface area contributed by atoms with E-state index >= 15 is 0 Å². The molecule has 0 fully saturated rings. The van der Waals surface area contributed by atoms with Crippen LogP contribution in [-0.4, -0.2) is 5.52 Å². The standard InChI is InChI=1S/C16H16O2P/c1-11-9-10-15(13(3)12(11)2)19(18)16(17)14-7-5-4-6-8-14/h4-10H,1-3H3/q+1. The molecular weight excluding hydrogens is 255 g/mol. The maximum atomic E-state index is 12.4. The average Bonchev–Trinajstić information content (AvgIpc) is 2.44. The molecule has 0 aromatic heterocycles. The topological polar surface area (TPSA) is 34.1 Å². The van der Waals surface area contributed by atoms with Crippen molar-refractivity contribution in [2.45, 2.75) is 20.8 Å². The fraction of sp³-hybridized carbons (Fsp3) is 0.188. The molecule has 2 aromatic carbocycles. The third-order valence-electron chi connectivity index (χ3n) is 3.45. The Morgan fingerprint density at radius 3 is 2.16 bits per heavy atom. The zero-order chi connectivity index (χ0) is 14.0. The quantitative estimate of drug-likeness (QED) is 0.793. The Kier molecular flexibility index (Phi) is 3.92. The molecule has 2 aromatic rings. The summed E-state index contributed by atoms with van der Waals surface area (Å²) in [5.74, 6) is 0. The van der Waals surface area contributed by atoms with Crippen LogP contribution in [0.3, 0.4) is 0 Å². The third kappa shape index (κ3) is 2.64. The summed E-state index contributed by atoms with van der Waals surface area (Å²) in [6, 6.07) is 12.5. The van der Waals surface area contributed by atoms with Crippen molar-refractivity contribution in [3.8, 4) is 0 Å². The van der Waals surface area contributed by atoms with E-state index in [1.807, 2.05) is 32.9 Å². The van der Waals surface area contributed by atoms with Gasteiger partial charge in [-0.05, 0) is 50.1 Å². The second kappa shape index (κ2) is 5.46. The monoisotopic (exact) mass is 271 g/mol. The van der Waals surface area contributed by atoms with Crippen molar-refractivity contribution >= 4 is 18.6 Å². The van der Waals surface area contributed by atoms with Gasteiger partial charge in [0.1, 0.15) is 0 Å². The van der Waals surface area contributed by atoms with E-state index in [0.717, 1.165) is 16.7 Å². The van der Waals surface area contributed by atoms with Gasteiger partial charge in [-0.25, -0.2) is 4.79 Å².